The maximum absolute atomic E-state index is 5.97. The first kappa shape index (κ1) is 18.3. The van der Waals surface area contributed by atoms with Crippen molar-refractivity contribution in [3.05, 3.63) is 77.0 Å². The minimum absolute atomic E-state index is 0.0541. The maximum Gasteiger partial charge on any atom is 0.223 e. The molecule has 29 heavy (non-hydrogen) atoms. The van der Waals surface area contributed by atoms with Gasteiger partial charge in [0.15, 0.2) is 0 Å². The van der Waals surface area contributed by atoms with Gasteiger partial charge in [0.1, 0.15) is 5.76 Å². The van der Waals surface area contributed by atoms with Crippen molar-refractivity contribution >= 4 is 5.95 Å². The predicted octanol–water partition coefficient (Wildman–Crippen LogP) is 3.66. The molecule has 0 amide bonds. The molecule has 1 N–H and O–H groups in total. The van der Waals surface area contributed by atoms with E-state index < -0.39 is 0 Å². The average molecular weight is 390 g/mol. The molecular formula is C23H26N4O2. The second-order valence-corrected chi connectivity index (χ2v) is 8.22. The van der Waals surface area contributed by atoms with Gasteiger partial charge in [0, 0.05) is 24.8 Å². The fraction of sp³-hybridized carbons (Fsp3) is 0.391. The normalized spacial score (nSPS) is 21.4. The van der Waals surface area contributed by atoms with Crippen LogP contribution >= 0.6 is 0 Å². The highest BCUT2D eigenvalue weighted by Gasteiger charge is 2.44. The van der Waals surface area contributed by atoms with Gasteiger partial charge in [-0.1, -0.05) is 29.8 Å². The van der Waals surface area contributed by atoms with Crippen LogP contribution in [0.15, 0.2) is 53.3 Å². The number of aryl methyl sites for hydroxylation is 1. The van der Waals surface area contributed by atoms with Crippen molar-refractivity contribution in [2.45, 2.75) is 38.5 Å². The first-order valence-electron chi connectivity index (χ1n) is 10.2. The summed E-state index contributed by atoms with van der Waals surface area (Å²) in [5.41, 5.74) is 4.87. The van der Waals surface area contributed by atoms with Gasteiger partial charge in [-0.15, -0.1) is 0 Å². The van der Waals surface area contributed by atoms with E-state index in [0.29, 0.717) is 19.1 Å². The standard InChI is InChI=1S/C23H26N4O2/c1-17-4-2-5-18(10-17)13-27-8-7-23(15-27)16-28-14-19-11-24-22(26-21(19)23)25-12-20-6-3-9-29-20/h2-6,9-11H,7-8,12-16H2,1H3,(H,24,25,26)/t23-/m1/s1. The van der Waals surface area contributed by atoms with E-state index in [4.69, 9.17) is 14.1 Å². The number of fused-ring (bicyclic) bond motifs is 2. The molecule has 1 aromatic carbocycles. The van der Waals surface area contributed by atoms with E-state index in [1.807, 2.05) is 18.3 Å². The lowest BCUT2D eigenvalue weighted by molar-refractivity contribution is 0.0503. The van der Waals surface area contributed by atoms with Crippen molar-refractivity contribution < 1.29 is 9.15 Å². The second kappa shape index (κ2) is 7.61. The van der Waals surface area contributed by atoms with Crippen LogP contribution in [0.1, 0.15) is 34.6 Å². The average Bonchev–Trinajstić information content (AvgIpc) is 3.38. The van der Waals surface area contributed by atoms with Crippen LogP contribution in [0.2, 0.25) is 0 Å². The molecule has 0 saturated carbocycles. The smallest absolute Gasteiger partial charge is 0.223 e. The van der Waals surface area contributed by atoms with Crippen molar-refractivity contribution in [1.29, 1.82) is 0 Å². The highest BCUT2D eigenvalue weighted by Crippen LogP contribution is 2.39. The van der Waals surface area contributed by atoms with Crippen molar-refractivity contribution in [3.8, 4) is 0 Å². The zero-order valence-electron chi connectivity index (χ0n) is 16.7. The molecule has 2 aliphatic heterocycles. The fourth-order valence-corrected chi connectivity index (χ4v) is 4.53. The van der Waals surface area contributed by atoms with Crippen LogP contribution in [-0.4, -0.2) is 34.6 Å². The molecule has 1 saturated heterocycles. The first-order valence-corrected chi connectivity index (χ1v) is 10.2. The molecule has 2 aromatic heterocycles. The van der Waals surface area contributed by atoms with Crippen molar-refractivity contribution in [3.63, 3.8) is 0 Å². The van der Waals surface area contributed by atoms with Gasteiger partial charge in [0.05, 0.1) is 37.1 Å². The lowest BCUT2D eigenvalue weighted by Crippen LogP contribution is -2.40. The van der Waals surface area contributed by atoms with E-state index >= 15 is 0 Å². The van der Waals surface area contributed by atoms with Gasteiger partial charge >= 0.3 is 0 Å². The molecule has 4 heterocycles. The van der Waals surface area contributed by atoms with Crippen LogP contribution < -0.4 is 5.32 Å². The third-order valence-electron chi connectivity index (χ3n) is 5.93. The third-order valence-corrected chi connectivity index (χ3v) is 5.93. The Morgan fingerprint density at radius 1 is 1.24 bits per heavy atom. The number of nitrogens with zero attached hydrogens (tertiary/aromatic N) is 3. The molecule has 5 rings (SSSR count). The maximum atomic E-state index is 5.97. The number of hydrogen-bond donors (Lipinski definition) is 1. The van der Waals surface area contributed by atoms with Crippen LogP contribution in [0, 0.1) is 6.92 Å². The van der Waals surface area contributed by atoms with Gasteiger partial charge in [0.25, 0.3) is 0 Å². The first-order chi connectivity index (χ1) is 14.2. The van der Waals surface area contributed by atoms with Crippen LogP contribution in [0.25, 0.3) is 0 Å². The Labute approximate surface area is 170 Å². The molecule has 0 unspecified atom stereocenters. The molecule has 1 spiro atoms. The summed E-state index contributed by atoms with van der Waals surface area (Å²) in [4.78, 5) is 11.9. The Hall–Kier alpha value is -2.70. The highest BCUT2D eigenvalue weighted by atomic mass is 16.5. The Morgan fingerprint density at radius 2 is 2.21 bits per heavy atom. The molecule has 1 atom stereocenters. The summed E-state index contributed by atoms with van der Waals surface area (Å²) >= 11 is 0. The molecule has 150 valence electrons. The fourth-order valence-electron chi connectivity index (χ4n) is 4.53. The quantitative estimate of drug-likeness (QED) is 0.717. The molecule has 2 aliphatic rings. The van der Waals surface area contributed by atoms with Crippen LogP contribution in [0.4, 0.5) is 5.95 Å². The Balaban J connectivity index is 1.34. The number of likely N-dealkylation sites (tertiary alicyclic amines) is 1. The number of benzene rings is 1. The Morgan fingerprint density at radius 3 is 3.07 bits per heavy atom. The van der Waals surface area contributed by atoms with Gasteiger partial charge in [-0.25, -0.2) is 9.97 Å². The van der Waals surface area contributed by atoms with Gasteiger partial charge in [0.2, 0.25) is 5.95 Å². The van der Waals surface area contributed by atoms with E-state index in [1.54, 1.807) is 6.26 Å². The summed E-state index contributed by atoms with van der Waals surface area (Å²) in [6.45, 7) is 7.02. The SMILES string of the molecule is Cc1cccc(CN2CC[C@]3(COCc4cnc(NCc5ccco5)nc43)C2)c1. The molecule has 3 aromatic rings. The summed E-state index contributed by atoms with van der Waals surface area (Å²) in [6, 6.07) is 12.6. The minimum atomic E-state index is -0.0541. The van der Waals surface area contributed by atoms with E-state index in [9.17, 15) is 0 Å². The molecular weight excluding hydrogens is 364 g/mol. The summed E-state index contributed by atoms with van der Waals surface area (Å²) in [6.07, 6.45) is 4.65. The van der Waals surface area contributed by atoms with Gasteiger partial charge in [-0.3, -0.25) is 4.90 Å². The lowest BCUT2D eigenvalue weighted by Gasteiger charge is -2.34. The monoisotopic (exact) mass is 390 g/mol. The number of aromatic nitrogens is 2. The number of ether oxygens (including phenoxy) is 1. The molecule has 1 fully saturated rings. The second-order valence-electron chi connectivity index (χ2n) is 8.22. The summed E-state index contributed by atoms with van der Waals surface area (Å²) in [5, 5.41) is 3.29. The van der Waals surface area contributed by atoms with Crippen molar-refractivity contribution in [1.82, 2.24) is 14.9 Å². The zero-order chi connectivity index (χ0) is 19.7. The predicted molar refractivity (Wildman–Crippen MR) is 110 cm³/mol. The third kappa shape index (κ3) is 3.78. The van der Waals surface area contributed by atoms with E-state index in [2.05, 4.69) is 46.4 Å². The number of rotatable bonds is 5. The topological polar surface area (TPSA) is 63.4 Å². The lowest BCUT2D eigenvalue weighted by atomic mass is 9.80. The van der Waals surface area contributed by atoms with Gasteiger partial charge < -0.3 is 14.5 Å². The Kier molecular flexibility index (Phi) is 4.81. The number of furan rings is 1. The molecule has 6 heteroatoms. The molecule has 6 nitrogen and oxygen atoms in total. The van der Waals surface area contributed by atoms with Gasteiger partial charge in [-0.2, -0.15) is 0 Å². The van der Waals surface area contributed by atoms with E-state index in [-0.39, 0.29) is 5.41 Å². The highest BCUT2D eigenvalue weighted by molar-refractivity contribution is 5.37. The Bertz CT molecular complexity index is 988. The number of anilines is 1. The van der Waals surface area contributed by atoms with Crippen LogP contribution in [-0.2, 0) is 29.8 Å². The summed E-state index contributed by atoms with van der Waals surface area (Å²) in [7, 11) is 0. The van der Waals surface area contributed by atoms with E-state index in [1.165, 1.54) is 11.1 Å². The zero-order valence-corrected chi connectivity index (χ0v) is 16.7. The van der Waals surface area contributed by atoms with Gasteiger partial charge in [-0.05, 0) is 37.6 Å². The van der Waals surface area contributed by atoms with E-state index in [0.717, 1.165) is 49.7 Å². The van der Waals surface area contributed by atoms with Crippen LogP contribution in [0.5, 0.6) is 0 Å². The molecule has 0 bridgehead atoms. The summed E-state index contributed by atoms with van der Waals surface area (Å²) < 4.78 is 11.4. The van der Waals surface area contributed by atoms with Crippen molar-refractivity contribution in [2.24, 2.45) is 0 Å². The number of nitrogens with one attached hydrogen (secondary N) is 1. The van der Waals surface area contributed by atoms with Crippen LogP contribution in [0.3, 0.4) is 0 Å². The van der Waals surface area contributed by atoms with Crippen molar-refractivity contribution in [2.75, 3.05) is 25.0 Å². The largest absolute Gasteiger partial charge is 0.467 e. The minimum Gasteiger partial charge on any atom is -0.467 e. The summed E-state index contributed by atoms with van der Waals surface area (Å²) in [5.74, 6) is 1.52. The molecule has 0 radical (unpaired) electrons. The number of hydrogen-bond acceptors (Lipinski definition) is 6. The molecule has 0 aliphatic carbocycles.